The summed E-state index contributed by atoms with van der Waals surface area (Å²) in [6.45, 7) is 0. The summed E-state index contributed by atoms with van der Waals surface area (Å²) < 4.78 is 10.3. The lowest BCUT2D eigenvalue weighted by atomic mass is 9.92. The zero-order valence-electron chi connectivity index (χ0n) is 11.7. The van der Waals surface area contributed by atoms with Crippen LogP contribution in [0.2, 0.25) is 0 Å². The second-order valence-corrected chi connectivity index (χ2v) is 4.27. The van der Waals surface area contributed by atoms with E-state index in [4.69, 9.17) is 9.47 Å². The molecule has 1 aromatic heterocycles. The largest absolute Gasteiger partial charge is 0.497 e. The third kappa shape index (κ3) is 3.00. The van der Waals surface area contributed by atoms with Crippen LogP contribution in [0, 0.1) is 11.3 Å². The molecule has 1 atom stereocenters. The molecule has 5 heteroatoms. The summed E-state index contributed by atoms with van der Waals surface area (Å²) in [6, 6.07) is 10.2. The van der Waals surface area contributed by atoms with Gasteiger partial charge in [0.05, 0.1) is 25.9 Å². The predicted molar refractivity (Wildman–Crippen MR) is 76.5 cm³/mol. The van der Waals surface area contributed by atoms with Crippen LogP contribution in [-0.4, -0.2) is 25.0 Å². The number of carbonyl (C=O) groups is 1. The lowest BCUT2D eigenvalue weighted by Gasteiger charge is -2.12. The summed E-state index contributed by atoms with van der Waals surface area (Å²) in [6.07, 6.45) is 3.11. The first-order chi connectivity index (χ1) is 10.2. The van der Waals surface area contributed by atoms with Crippen molar-refractivity contribution in [2.24, 2.45) is 0 Å². The number of rotatable bonds is 5. The van der Waals surface area contributed by atoms with Crippen LogP contribution in [0.3, 0.4) is 0 Å². The highest BCUT2D eigenvalue weighted by atomic mass is 16.5. The average molecular weight is 282 g/mol. The van der Waals surface area contributed by atoms with Gasteiger partial charge in [0, 0.05) is 18.5 Å². The molecule has 1 aromatic carbocycles. The van der Waals surface area contributed by atoms with E-state index in [9.17, 15) is 10.1 Å². The van der Waals surface area contributed by atoms with Crippen LogP contribution in [0.1, 0.15) is 21.8 Å². The van der Waals surface area contributed by atoms with Gasteiger partial charge < -0.3 is 9.47 Å². The first-order valence-electron chi connectivity index (χ1n) is 6.27. The maximum atomic E-state index is 12.6. The van der Waals surface area contributed by atoms with Crippen molar-refractivity contribution in [3.05, 3.63) is 53.9 Å². The highest BCUT2D eigenvalue weighted by molar-refractivity contribution is 6.04. The van der Waals surface area contributed by atoms with E-state index in [1.165, 1.54) is 14.2 Å². The lowest BCUT2D eigenvalue weighted by molar-refractivity contribution is 0.0976. The molecule has 0 N–H and O–H groups in total. The van der Waals surface area contributed by atoms with E-state index in [-0.39, 0.29) is 5.78 Å². The standard InChI is InChI=1S/C16H14N2O3/c1-20-12-3-4-13(15(9-12)21-2)16(19)14(10-17)11-5-7-18-8-6-11/h3-9,14H,1-2H3. The summed E-state index contributed by atoms with van der Waals surface area (Å²) in [5.74, 6) is -0.243. The summed E-state index contributed by atoms with van der Waals surface area (Å²) in [5, 5.41) is 9.32. The molecular weight excluding hydrogens is 268 g/mol. The number of pyridine rings is 1. The van der Waals surface area contributed by atoms with Gasteiger partial charge in [-0.15, -0.1) is 0 Å². The Bertz CT molecular complexity index is 678. The Hall–Kier alpha value is -2.87. The van der Waals surface area contributed by atoms with E-state index in [2.05, 4.69) is 4.98 Å². The van der Waals surface area contributed by atoms with E-state index in [0.717, 1.165) is 0 Å². The number of ether oxygens (including phenoxy) is 2. The Balaban J connectivity index is 2.41. The van der Waals surface area contributed by atoms with Gasteiger partial charge in [0.2, 0.25) is 0 Å². The first-order valence-corrected chi connectivity index (χ1v) is 6.27. The van der Waals surface area contributed by atoms with Crippen LogP contribution in [0.15, 0.2) is 42.7 Å². The minimum Gasteiger partial charge on any atom is -0.497 e. The minimum absolute atomic E-state index is 0.316. The van der Waals surface area contributed by atoms with Crippen molar-refractivity contribution in [2.75, 3.05) is 14.2 Å². The predicted octanol–water partition coefficient (Wildman–Crippen LogP) is 2.59. The Morgan fingerprint density at radius 3 is 2.48 bits per heavy atom. The van der Waals surface area contributed by atoms with Crippen LogP contribution >= 0.6 is 0 Å². The Labute approximate surface area is 122 Å². The molecule has 0 saturated carbocycles. The van der Waals surface area contributed by atoms with Crippen molar-refractivity contribution in [2.45, 2.75) is 5.92 Å². The number of nitrogens with zero attached hydrogens (tertiary/aromatic N) is 2. The van der Waals surface area contributed by atoms with E-state index in [0.29, 0.717) is 22.6 Å². The fraction of sp³-hybridized carbons (Fsp3) is 0.188. The molecule has 0 aliphatic carbocycles. The topological polar surface area (TPSA) is 72.2 Å². The zero-order chi connectivity index (χ0) is 15.2. The molecule has 0 fully saturated rings. The van der Waals surface area contributed by atoms with Crippen LogP contribution < -0.4 is 9.47 Å². The molecule has 106 valence electrons. The van der Waals surface area contributed by atoms with Gasteiger partial charge in [-0.1, -0.05) is 0 Å². The second kappa shape index (κ2) is 6.53. The molecule has 1 heterocycles. The van der Waals surface area contributed by atoms with Crippen molar-refractivity contribution in [1.29, 1.82) is 5.26 Å². The molecular formula is C16H14N2O3. The molecule has 0 saturated heterocycles. The highest BCUT2D eigenvalue weighted by Crippen LogP contribution is 2.29. The number of hydrogen-bond acceptors (Lipinski definition) is 5. The normalized spacial score (nSPS) is 11.3. The van der Waals surface area contributed by atoms with Crippen LogP contribution in [0.5, 0.6) is 11.5 Å². The van der Waals surface area contributed by atoms with E-state index >= 15 is 0 Å². The molecule has 2 aromatic rings. The van der Waals surface area contributed by atoms with Crippen molar-refractivity contribution in [3.63, 3.8) is 0 Å². The Morgan fingerprint density at radius 2 is 1.90 bits per heavy atom. The molecule has 0 aliphatic rings. The number of carbonyl (C=O) groups excluding carboxylic acids is 1. The van der Waals surface area contributed by atoms with Crippen LogP contribution in [0.25, 0.3) is 0 Å². The monoisotopic (exact) mass is 282 g/mol. The molecule has 21 heavy (non-hydrogen) atoms. The summed E-state index contributed by atoms with van der Waals surface area (Å²) in [4.78, 5) is 16.5. The maximum Gasteiger partial charge on any atom is 0.188 e. The van der Waals surface area contributed by atoms with Gasteiger partial charge in [-0.25, -0.2) is 0 Å². The van der Waals surface area contributed by atoms with Crippen molar-refractivity contribution in [3.8, 4) is 17.6 Å². The van der Waals surface area contributed by atoms with Gasteiger partial charge in [-0.3, -0.25) is 9.78 Å². The van der Waals surface area contributed by atoms with Crippen molar-refractivity contribution in [1.82, 2.24) is 4.98 Å². The molecule has 0 bridgehead atoms. The van der Waals surface area contributed by atoms with Crippen LogP contribution in [0.4, 0.5) is 0 Å². The van der Waals surface area contributed by atoms with Gasteiger partial charge in [-0.2, -0.15) is 5.26 Å². The molecule has 1 unspecified atom stereocenters. The molecule has 0 spiro atoms. The third-order valence-electron chi connectivity index (χ3n) is 3.10. The number of nitriles is 1. The average Bonchev–Trinajstić information content (AvgIpc) is 2.55. The van der Waals surface area contributed by atoms with Gasteiger partial charge in [0.25, 0.3) is 0 Å². The van der Waals surface area contributed by atoms with Gasteiger partial charge >= 0.3 is 0 Å². The molecule has 2 rings (SSSR count). The summed E-state index contributed by atoms with van der Waals surface area (Å²) in [7, 11) is 3.00. The fourth-order valence-corrected chi connectivity index (χ4v) is 2.00. The van der Waals surface area contributed by atoms with Gasteiger partial charge in [0.15, 0.2) is 5.78 Å². The Kier molecular flexibility index (Phi) is 4.52. The smallest absolute Gasteiger partial charge is 0.188 e. The number of Topliss-reactive ketones (excluding diaryl/α,β-unsaturated/α-hetero) is 1. The van der Waals surface area contributed by atoms with Gasteiger partial charge in [-0.05, 0) is 29.8 Å². The van der Waals surface area contributed by atoms with E-state index < -0.39 is 5.92 Å². The molecule has 0 radical (unpaired) electrons. The first kappa shape index (κ1) is 14.5. The zero-order valence-corrected chi connectivity index (χ0v) is 11.7. The number of benzene rings is 1. The van der Waals surface area contributed by atoms with E-state index in [1.54, 1.807) is 42.7 Å². The summed E-state index contributed by atoms with van der Waals surface area (Å²) in [5.41, 5.74) is 0.956. The van der Waals surface area contributed by atoms with Gasteiger partial charge in [0.1, 0.15) is 17.4 Å². The van der Waals surface area contributed by atoms with Crippen molar-refractivity contribution < 1.29 is 14.3 Å². The third-order valence-corrected chi connectivity index (χ3v) is 3.10. The number of ketones is 1. The molecule has 0 aliphatic heterocycles. The SMILES string of the molecule is COc1ccc(C(=O)C(C#N)c2ccncc2)c(OC)c1. The van der Waals surface area contributed by atoms with Crippen molar-refractivity contribution >= 4 is 5.78 Å². The lowest BCUT2D eigenvalue weighted by Crippen LogP contribution is -2.12. The molecule has 5 nitrogen and oxygen atoms in total. The minimum atomic E-state index is -0.893. The number of aromatic nitrogens is 1. The second-order valence-electron chi connectivity index (χ2n) is 4.27. The molecule has 0 amide bonds. The van der Waals surface area contributed by atoms with Crippen LogP contribution in [-0.2, 0) is 0 Å². The summed E-state index contributed by atoms with van der Waals surface area (Å²) >= 11 is 0. The van der Waals surface area contributed by atoms with E-state index in [1.807, 2.05) is 6.07 Å². The quantitative estimate of drug-likeness (QED) is 0.788. The number of methoxy groups -OCH3 is 2. The fourth-order valence-electron chi connectivity index (χ4n) is 2.00. The number of hydrogen-bond donors (Lipinski definition) is 0. The maximum absolute atomic E-state index is 12.6. The highest BCUT2D eigenvalue weighted by Gasteiger charge is 2.24. The Morgan fingerprint density at radius 1 is 1.19 bits per heavy atom.